The summed E-state index contributed by atoms with van der Waals surface area (Å²) in [5.41, 5.74) is 1.38. The molecule has 4 aliphatic carbocycles. The fourth-order valence-electron chi connectivity index (χ4n) is 10.0. The Hall–Kier alpha value is -3.69. The van der Waals surface area contributed by atoms with Gasteiger partial charge in [-0.3, -0.25) is 9.59 Å². The van der Waals surface area contributed by atoms with E-state index >= 15 is 0 Å². The molecule has 53 heavy (non-hydrogen) atoms. The van der Waals surface area contributed by atoms with Gasteiger partial charge in [0.25, 0.3) is 0 Å². The summed E-state index contributed by atoms with van der Waals surface area (Å²) < 4.78 is 12.3. The van der Waals surface area contributed by atoms with Gasteiger partial charge in [0.05, 0.1) is 12.1 Å². The second-order valence-corrected chi connectivity index (χ2v) is 17.3. The number of hydrogen-bond donors (Lipinski definition) is 2. The normalized spacial score (nSPS) is 30.5. The van der Waals surface area contributed by atoms with Crippen LogP contribution < -0.4 is 10.6 Å². The van der Waals surface area contributed by atoms with Crippen LogP contribution in [0.25, 0.3) is 0 Å². The number of rotatable bonds is 13. The van der Waals surface area contributed by atoms with Crippen LogP contribution >= 0.6 is 0 Å². The Balaban J connectivity index is 0.00000541. The molecule has 2 aromatic carbocycles. The van der Waals surface area contributed by atoms with Crippen LogP contribution in [0.1, 0.15) is 117 Å². The van der Waals surface area contributed by atoms with Crippen molar-refractivity contribution < 1.29 is 45.4 Å². The third-order valence-electron chi connectivity index (χ3n) is 14.6. The maximum absolute atomic E-state index is 13.7. The predicted molar refractivity (Wildman–Crippen MR) is 200 cm³/mol. The molecular formula is C44H56CoN2O6. The van der Waals surface area contributed by atoms with E-state index in [4.69, 9.17) is 9.47 Å². The molecule has 4 fully saturated rings. The third kappa shape index (κ3) is 7.16. The Morgan fingerprint density at radius 2 is 0.962 bits per heavy atom. The van der Waals surface area contributed by atoms with Crippen molar-refractivity contribution in [3.8, 4) is 0 Å². The molecule has 0 unspecified atom stereocenters. The van der Waals surface area contributed by atoms with Gasteiger partial charge in [-0.2, -0.15) is 0 Å². The largest absolute Gasteiger partial charge is 0.458 e. The maximum Gasteiger partial charge on any atom is 0.343 e. The fraction of sp³-hybridized carbons (Fsp3) is 0.545. The number of esters is 2. The molecular weight excluding hydrogens is 711 g/mol. The minimum Gasteiger partial charge on any atom is -0.458 e. The van der Waals surface area contributed by atoms with Gasteiger partial charge in [-0.05, 0) is 86.2 Å². The summed E-state index contributed by atoms with van der Waals surface area (Å²) >= 11 is 0. The topological polar surface area (TPSA) is 111 Å². The van der Waals surface area contributed by atoms with Crippen LogP contribution in [0.4, 0.5) is 0 Å². The van der Waals surface area contributed by atoms with Crippen LogP contribution in [0, 0.1) is 33.5 Å². The van der Waals surface area contributed by atoms with Gasteiger partial charge in [-0.1, -0.05) is 102 Å². The Labute approximate surface area is 325 Å². The monoisotopic (exact) mass is 767 g/mol. The van der Waals surface area contributed by atoms with E-state index in [2.05, 4.69) is 52.2 Å². The number of hydrogen-bond acceptors (Lipinski definition) is 8. The van der Waals surface area contributed by atoms with E-state index in [-0.39, 0.29) is 61.8 Å². The van der Waals surface area contributed by atoms with Crippen molar-refractivity contribution in [2.45, 2.75) is 118 Å². The van der Waals surface area contributed by atoms with Crippen LogP contribution in [-0.4, -0.2) is 35.7 Å². The molecule has 8 nitrogen and oxygen atoms in total. The Bertz CT molecular complexity index is 1640. The quantitative estimate of drug-likeness (QED) is 0.0911. The van der Waals surface area contributed by atoms with Crippen LogP contribution in [0.5, 0.6) is 0 Å². The van der Waals surface area contributed by atoms with Gasteiger partial charge in [-0.25, -0.2) is 9.59 Å². The van der Waals surface area contributed by atoms with E-state index in [1.807, 2.05) is 60.7 Å². The zero-order chi connectivity index (χ0) is 37.6. The Kier molecular flexibility index (Phi) is 11.6. The summed E-state index contributed by atoms with van der Waals surface area (Å²) in [7, 11) is 0. The van der Waals surface area contributed by atoms with E-state index in [0.29, 0.717) is 11.8 Å². The summed E-state index contributed by atoms with van der Waals surface area (Å²) in [6.07, 6.45) is 8.22. The first kappa shape index (κ1) is 40.5. The molecule has 2 aromatic rings. The molecule has 287 valence electrons. The average molecular weight is 768 g/mol. The average Bonchev–Trinajstić information content (AvgIpc) is 3.62. The standard InChI is InChI=1S/C44H56N2O6.Co/c1-27(47)33(39(49)51-35-23-31-19-21-43(35,7)41(31,3)4)25-45-37(29-15-11-9-12-16-29)38(30-17-13-10-14-18-30)46-26-34(28(2)48)40(50)52-36-24-32-20-22-44(36,8)42(32,5)6;/h9-18,25-26,31-32,35-38,45-46H,19-24H2,1-8H3;/b33-25+,34-26+;/t31-,32-,35+,36+,37+,38+,43+,44+;/m0./s1. The Morgan fingerprint density at radius 1 is 0.623 bits per heavy atom. The van der Waals surface area contributed by atoms with E-state index < -0.39 is 35.6 Å². The first-order valence-corrected chi connectivity index (χ1v) is 19.0. The van der Waals surface area contributed by atoms with Gasteiger partial charge in [0.2, 0.25) is 0 Å². The van der Waals surface area contributed by atoms with Crippen LogP contribution in [0.15, 0.2) is 84.2 Å². The molecule has 8 atom stereocenters. The molecule has 6 rings (SSSR count). The second-order valence-electron chi connectivity index (χ2n) is 17.3. The summed E-state index contributed by atoms with van der Waals surface area (Å²) in [5, 5.41) is 6.76. The summed E-state index contributed by atoms with van der Waals surface area (Å²) in [5.74, 6) is -1.12. The van der Waals surface area contributed by atoms with Gasteiger partial charge in [0.15, 0.2) is 11.6 Å². The number of benzene rings is 2. The number of ketones is 2. The van der Waals surface area contributed by atoms with Crippen molar-refractivity contribution in [1.29, 1.82) is 0 Å². The molecule has 0 spiro atoms. The molecule has 0 saturated heterocycles. The second kappa shape index (κ2) is 15.2. The molecule has 4 aliphatic rings. The summed E-state index contributed by atoms with van der Waals surface area (Å²) in [6.45, 7) is 16.2. The molecule has 4 saturated carbocycles. The number of fused-ring (bicyclic) bond motifs is 4. The number of Topliss-reactive ketones (excluding diaryl/α,β-unsaturated/α-hetero) is 2. The van der Waals surface area contributed by atoms with Crippen molar-refractivity contribution in [2.24, 2.45) is 33.5 Å². The molecule has 0 amide bonds. The zero-order valence-electron chi connectivity index (χ0n) is 32.4. The first-order chi connectivity index (χ1) is 24.5. The number of carbonyl (C=O) groups excluding carboxylic acids is 4. The minimum absolute atomic E-state index is 0. The van der Waals surface area contributed by atoms with E-state index in [9.17, 15) is 19.2 Å². The van der Waals surface area contributed by atoms with Gasteiger partial charge in [-0.15, -0.1) is 0 Å². The Morgan fingerprint density at radius 3 is 1.23 bits per heavy atom. The van der Waals surface area contributed by atoms with Crippen LogP contribution in [-0.2, 0) is 45.4 Å². The van der Waals surface area contributed by atoms with Crippen molar-refractivity contribution in [3.63, 3.8) is 0 Å². The summed E-state index contributed by atoms with van der Waals surface area (Å²) in [6, 6.07) is 18.2. The molecule has 0 heterocycles. The smallest absolute Gasteiger partial charge is 0.343 e. The maximum atomic E-state index is 13.7. The van der Waals surface area contributed by atoms with Crippen molar-refractivity contribution in [2.75, 3.05) is 0 Å². The van der Waals surface area contributed by atoms with Crippen LogP contribution in [0.2, 0.25) is 0 Å². The van der Waals surface area contributed by atoms with E-state index in [0.717, 1.165) is 49.7 Å². The van der Waals surface area contributed by atoms with Crippen molar-refractivity contribution in [1.82, 2.24) is 10.6 Å². The number of nitrogens with one attached hydrogen (secondary N) is 2. The fourth-order valence-corrected chi connectivity index (χ4v) is 10.0. The van der Waals surface area contributed by atoms with Crippen LogP contribution in [0.3, 0.4) is 0 Å². The third-order valence-corrected chi connectivity index (χ3v) is 14.6. The zero-order valence-corrected chi connectivity index (χ0v) is 33.5. The van der Waals surface area contributed by atoms with Gasteiger partial charge >= 0.3 is 11.9 Å². The van der Waals surface area contributed by atoms with E-state index in [1.165, 1.54) is 26.2 Å². The van der Waals surface area contributed by atoms with Crippen molar-refractivity contribution >= 4 is 23.5 Å². The van der Waals surface area contributed by atoms with Crippen molar-refractivity contribution in [3.05, 3.63) is 95.3 Å². The van der Waals surface area contributed by atoms with Gasteiger partial charge in [0, 0.05) is 40.0 Å². The first-order valence-electron chi connectivity index (χ1n) is 19.0. The number of ether oxygens (including phenoxy) is 2. The minimum atomic E-state index is -0.635. The predicted octanol–water partition coefficient (Wildman–Crippen LogP) is 8.11. The molecule has 2 N–H and O–H groups in total. The van der Waals surface area contributed by atoms with E-state index in [1.54, 1.807) is 0 Å². The van der Waals surface area contributed by atoms with Gasteiger partial charge < -0.3 is 20.1 Å². The SMILES string of the molecule is CC(=O)/C(=C\N[C@H](c1ccccc1)[C@H](N/C=C(\C(C)=O)C(=O)O[C@@H]1C[C@@H]2CC[C@@]1(C)C2(C)C)c1ccccc1)C(=O)O[C@@H]1C[C@@H]2CC[C@@]1(C)C2(C)C.[Co]. The summed E-state index contributed by atoms with van der Waals surface area (Å²) in [4.78, 5) is 53.4. The van der Waals surface area contributed by atoms with Gasteiger partial charge in [0.1, 0.15) is 23.4 Å². The number of carbonyl (C=O) groups is 4. The molecule has 0 aliphatic heterocycles. The molecule has 0 aromatic heterocycles. The molecule has 1 radical (unpaired) electrons. The molecule has 4 bridgehead atoms. The molecule has 9 heteroatoms.